The molecule has 2 aromatic carbocycles. The van der Waals surface area contributed by atoms with Gasteiger partial charge in [-0.25, -0.2) is 0 Å². The van der Waals surface area contributed by atoms with Gasteiger partial charge < -0.3 is 19.7 Å². The number of methoxy groups -OCH3 is 1. The molecule has 0 bridgehead atoms. The molecule has 0 aromatic heterocycles. The van der Waals surface area contributed by atoms with Crippen LogP contribution >= 0.6 is 11.8 Å². The van der Waals surface area contributed by atoms with Crippen molar-refractivity contribution in [3.63, 3.8) is 0 Å². The van der Waals surface area contributed by atoms with Crippen LogP contribution in [0.15, 0.2) is 47.4 Å². The number of rotatable bonds is 8. The number of amides is 3. The Morgan fingerprint density at radius 1 is 1.19 bits per heavy atom. The third kappa shape index (κ3) is 5.66. The number of imide groups is 1. The van der Waals surface area contributed by atoms with Crippen molar-refractivity contribution in [2.24, 2.45) is 0 Å². The number of thioether (sulfide) groups is 1. The van der Waals surface area contributed by atoms with Crippen LogP contribution in [-0.4, -0.2) is 73.4 Å². The zero-order valence-corrected chi connectivity index (χ0v) is 20.3. The standard InChI is InChI=1S/C24H24N4O7S/c1-34-18-5-2-16(3-6-18)14-21-23(30)27(24(31)36-21)9-8-25-22(29)19-15-17(28(32)33)4-7-20(19)26-10-12-35-13-11-26/h2-7,14-15H,8-13H2,1H3,(H,25,29)/b21-14-. The first-order chi connectivity index (χ1) is 17.4. The second kappa shape index (κ2) is 11.2. The highest BCUT2D eigenvalue weighted by Crippen LogP contribution is 2.32. The SMILES string of the molecule is COc1ccc(/C=C2\SC(=O)N(CCNC(=O)c3cc([N+](=O)[O-])ccc3N3CCOCC3)C2=O)cc1. The number of carbonyl (C=O) groups is 3. The minimum absolute atomic E-state index is 0.00205. The number of anilines is 1. The molecule has 12 heteroatoms. The summed E-state index contributed by atoms with van der Waals surface area (Å²) in [6, 6.07) is 11.2. The molecule has 2 heterocycles. The summed E-state index contributed by atoms with van der Waals surface area (Å²) in [6.07, 6.45) is 1.63. The molecule has 0 atom stereocenters. The van der Waals surface area contributed by atoms with Crippen LogP contribution in [0.5, 0.6) is 5.75 Å². The predicted molar refractivity (Wildman–Crippen MR) is 134 cm³/mol. The van der Waals surface area contributed by atoms with E-state index in [0.717, 1.165) is 22.2 Å². The lowest BCUT2D eigenvalue weighted by atomic mass is 10.1. The van der Waals surface area contributed by atoms with Gasteiger partial charge in [-0.1, -0.05) is 12.1 Å². The van der Waals surface area contributed by atoms with Crippen LogP contribution in [0.4, 0.5) is 16.2 Å². The van der Waals surface area contributed by atoms with Gasteiger partial charge in [0.05, 0.1) is 41.4 Å². The van der Waals surface area contributed by atoms with Crippen molar-refractivity contribution in [2.45, 2.75) is 0 Å². The number of benzene rings is 2. The number of hydrogen-bond donors (Lipinski definition) is 1. The minimum Gasteiger partial charge on any atom is -0.497 e. The summed E-state index contributed by atoms with van der Waals surface area (Å²) in [5.41, 5.74) is 1.26. The highest BCUT2D eigenvalue weighted by Gasteiger charge is 2.34. The number of carbonyl (C=O) groups excluding carboxylic acids is 3. The molecule has 2 saturated heterocycles. The Bertz CT molecular complexity index is 1210. The predicted octanol–water partition coefficient (Wildman–Crippen LogP) is 2.91. The average molecular weight is 513 g/mol. The van der Waals surface area contributed by atoms with E-state index >= 15 is 0 Å². The molecule has 2 aliphatic rings. The van der Waals surface area contributed by atoms with Gasteiger partial charge in [0.15, 0.2) is 0 Å². The van der Waals surface area contributed by atoms with Crippen molar-refractivity contribution in [1.82, 2.24) is 10.2 Å². The van der Waals surface area contributed by atoms with Crippen LogP contribution < -0.4 is 15.0 Å². The van der Waals surface area contributed by atoms with Crippen molar-refractivity contribution in [2.75, 3.05) is 51.4 Å². The van der Waals surface area contributed by atoms with Crippen LogP contribution in [-0.2, 0) is 9.53 Å². The van der Waals surface area contributed by atoms with Crippen LogP contribution in [0.25, 0.3) is 6.08 Å². The number of nitro benzene ring substituents is 1. The molecular weight excluding hydrogens is 488 g/mol. The molecule has 1 N–H and O–H groups in total. The molecule has 0 radical (unpaired) electrons. The fourth-order valence-electron chi connectivity index (χ4n) is 3.82. The molecule has 0 saturated carbocycles. The zero-order valence-electron chi connectivity index (χ0n) is 19.5. The molecule has 11 nitrogen and oxygen atoms in total. The lowest BCUT2D eigenvalue weighted by Crippen LogP contribution is -2.39. The molecule has 2 aromatic rings. The quantitative estimate of drug-likeness (QED) is 0.322. The summed E-state index contributed by atoms with van der Waals surface area (Å²) in [4.78, 5) is 52.1. The van der Waals surface area contributed by atoms with E-state index in [2.05, 4.69) is 5.32 Å². The fraction of sp³-hybridized carbons (Fsp3) is 0.292. The number of non-ortho nitro benzene ring substituents is 1. The Kier molecular flexibility index (Phi) is 7.86. The Balaban J connectivity index is 1.42. The minimum atomic E-state index is -0.560. The van der Waals surface area contributed by atoms with Crippen LogP contribution in [0.1, 0.15) is 15.9 Å². The van der Waals surface area contributed by atoms with Gasteiger partial charge in [0.2, 0.25) is 0 Å². The molecule has 2 aliphatic heterocycles. The van der Waals surface area contributed by atoms with Crippen molar-refractivity contribution in [3.8, 4) is 5.75 Å². The molecule has 4 rings (SSSR count). The Morgan fingerprint density at radius 3 is 2.58 bits per heavy atom. The van der Waals surface area contributed by atoms with Gasteiger partial charge in [-0.3, -0.25) is 29.4 Å². The maximum absolute atomic E-state index is 13.0. The van der Waals surface area contributed by atoms with E-state index in [1.807, 2.05) is 4.90 Å². The smallest absolute Gasteiger partial charge is 0.293 e. The first-order valence-corrected chi connectivity index (χ1v) is 12.0. The van der Waals surface area contributed by atoms with Crippen LogP contribution in [0, 0.1) is 10.1 Å². The molecule has 36 heavy (non-hydrogen) atoms. The summed E-state index contributed by atoms with van der Waals surface area (Å²) in [5, 5.41) is 13.5. The summed E-state index contributed by atoms with van der Waals surface area (Å²) in [5.74, 6) is -0.295. The fourth-order valence-corrected chi connectivity index (χ4v) is 4.69. The van der Waals surface area contributed by atoms with Gasteiger partial charge in [0, 0.05) is 38.3 Å². The first kappa shape index (κ1) is 25.2. The highest BCUT2D eigenvalue weighted by atomic mass is 32.2. The first-order valence-electron chi connectivity index (χ1n) is 11.2. The number of nitro groups is 1. The number of ether oxygens (including phenoxy) is 2. The van der Waals surface area contributed by atoms with Gasteiger partial charge >= 0.3 is 0 Å². The van der Waals surface area contributed by atoms with Crippen molar-refractivity contribution < 1.29 is 28.8 Å². The van der Waals surface area contributed by atoms with Crippen LogP contribution in [0.2, 0.25) is 0 Å². The van der Waals surface area contributed by atoms with Crippen molar-refractivity contribution in [1.29, 1.82) is 0 Å². The maximum Gasteiger partial charge on any atom is 0.293 e. The largest absolute Gasteiger partial charge is 0.497 e. The topological polar surface area (TPSA) is 131 Å². The lowest BCUT2D eigenvalue weighted by molar-refractivity contribution is -0.384. The van der Waals surface area contributed by atoms with Crippen molar-refractivity contribution >= 4 is 46.3 Å². The van der Waals surface area contributed by atoms with Gasteiger partial charge in [-0.2, -0.15) is 0 Å². The molecule has 2 fully saturated rings. The summed E-state index contributed by atoms with van der Waals surface area (Å²) in [6.45, 7) is 2.05. The van der Waals surface area contributed by atoms with E-state index in [0.29, 0.717) is 37.7 Å². The van der Waals surface area contributed by atoms with Gasteiger partial charge in [-0.05, 0) is 41.6 Å². The van der Waals surface area contributed by atoms with E-state index in [-0.39, 0.29) is 29.2 Å². The number of nitrogens with zero attached hydrogens (tertiary/aromatic N) is 3. The Morgan fingerprint density at radius 2 is 1.92 bits per heavy atom. The van der Waals surface area contributed by atoms with E-state index in [1.54, 1.807) is 43.5 Å². The number of hydrogen-bond acceptors (Lipinski definition) is 9. The summed E-state index contributed by atoms with van der Waals surface area (Å²) < 4.78 is 10.5. The monoisotopic (exact) mass is 512 g/mol. The van der Waals surface area contributed by atoms with E-state index < -0.39 is 22.0 Å². The molecular formula is C24H24N4O7S. The van der Waals surface area contributed by atoms with E-state index in [9.17, 15) is 24.5 Å². The second-order valence-corrected chi connectivity index (χ2v) is 8.91. The van der Waals surface area contributed by atoms with E-state index in [4.69, 9.17) is 9.47 Å². The Hall–Kier alpha value is -3.90. The normalized spacial score (nSPS) is 17.0. The third-order valence-corrected chi connectivity index (χ3v) is 6.60. The third-order valence-electron chi connectivity index (χ3n) is 5.70. The van der Waals surface area contributed by atoms with Gasteiger partial charge in [-0.15, -0.1) is 0 Å². The Labute approximate surface area is 211 Å². The van der Waals surface area contributed by atoms with E-state index in [1.165, 1.54) is 12.1 Å². The average Bonchev–Trinajstić information content (AvgIpc) is 3.16. The molecule has 3 amide bonds. The zero-order chi connectivity index (χ0) is 25.7. The number of nitrogens with one attached hydrogen (secondary N) is 1. The van der Waals surface area contributed by atoms with Crippen molar-refractivity contribution in [3.05, 3.63) is 68.6 Å². The van der Waals surface area contributed by atoms with Gasteiger partial charge in [0.25, 0.3) is 22.7 Å². The molecule has 0 spiro atoms. The molecule has 0 unspecified atom stereocenters. The summed E-state index contributed by atoms with van der Waals surface area (Å²) in [7, 11) is 1.56. The van der Waals surface area contributed by atoms with Gasteiger partial charge in [0.1, 0.15) is 5.75 Å². The molecule has 0 aliphatic carbocycles. The maximum atomic E-state index is 13.0. The highest BCUT2D eigenvalue weighted by molar-refractivity contribution is 8.18. The second-order valence-electron chi connectivity index (χ2n) is 7.92. The molecule has 188 valence electrons. The van der Waals surface area contributed by atoms with Crippen LogP contribution in [0.3, 0.4) is 0 Å². The lowest BCUT2D eigenvalue weighted by Gasteiger charge is -2.30. The number of morpholine rings is 1. The summed E-state index contributed by atoms with van der Waals surface area (Å²) >= 11 is 0.829.